The van der Waals surface area contributed by atoms with Crippen LogP contribution in [0.3, 0.4) is 0 Å². The quantitative estimate of drug-likeness (QED) is 0.708. The molecule has 0 aliphatic heterocycles. The van der Waals surface area contributed by atoms with E-state index in [4.69, 9.17) is 5.11 Å². The first-order valence-corrected chi connectivity index (χ1v) is 3.57. The lowest BCUT2D eigenvalue weighted by molar-refractivity contribution is 0.111. The van der Waals surface area contributed by atoms with Gasteiger partial charge in [-0.3, -0.25) is 9.59 Å². The lowest BCUT2D eigenvalue weighted by atomic mass is 10.1. The number of aliphatic hydroxyl groups excluding tert-OH is 1. The molecule has 0 aliphatic carbocycles. The Morgan fingerprint density at radius 3 is 2.46 bits per heavy atom. The molecule has 1 aromatic carbocycles. The Kier molecular flexibility index (Phi) is 2.87. The lowest BCUT2D eigenvalue weighted by Crippen LogP contribution is -2.00. The third-order valence-corrected chi connectivity index (χ3v) is 1.72. The molecule has 0 unspecified atom stereocenters. The minimum atomic E-state index is -0.878. The van der Waals surface area contributed by atoms with E-state index in [0.717, 1.165) is 0 Å². The van der Waals surface area contributed by atoms with Crippen LogP contribution in [0, 0.1) is 5.82 Å². The van der Waals surface area contributed by atoms with Crippen molar-refractivity contribution in [2.75, 3.05) is 0 Å². The van der Waals surface area contributed by atoms with Crippen molar-refractivity contribution in [1.29, 1.82) is 0 Å². The molecule has 0 amide bonds. The van der Waals surface area contributed by atoms with Gasteiger partial charge in [0.25, 0.3) is 0 Å². The molecule has 0 aliphatic rings. The largest absolute Gasteiger partial charge is 0.392 e. The van der Waals surface area contributed by atoms with Gasteiger partial charge in [-0.25, -0.2) is 4.39 Å². The van der Waals surface area contributed by atoms with Gasteiger partial charge in [-0.15, -0.1) is 0 Å². The van der Waals surface area contributed by atoms with Gasteiger partial charge >= 0.3 is 0 Å². The van der Waals surface area contributed by atoms with Crippen LogP contribution >= 0.6 is 0 Å². The van der Waals surface area contributed by atoms with Gasteiger partial charge in [0.1, 0.15) is 5.82 Å². The second-order valence-electron chi connectivity index (χ2n) is 2.44. The van der Waals surface area contributed by atoms with E-state index in [9.17, 15) is 14.0 Å². The summed E-state index contributed by atoms with van der Waals surface area (Å²) in [4.78, 5) is 20.7. The van der Waals surface area contributed by atoms with Gasteiger partial charge in [-0.1, -0.05) is 6.07 Å². The third kappa shape index (κ3) is 1.62. The predicted octanol–water partition coefficient (Wildman–Crippen LogP) is 0.943. The summed E-state index contributed by atoms with van der Waals surface area (Å²) in [6, 6.07) is 2.57. The Bertz CT molecular complexity index is 347. The number of aldehydes is 2. The standard InChI is InChI=1S/C9H7FO3/c10-9-7(4-12)2-1-6(3-11)8(9)5-13/h1-2,4-5,11H,3H2. The summed E-state index contributed by atoms with van der Waals surface area (Å²) >= 11 is 0. The first kappa shape index (κ1) is 9.54. The van der Waals surface area contributed by atoms with Crippen LogP contribution in [0.15, 0.2) is 12.1 Å². The number of carbonyl (C=O) groups is 2. The fourth-order valence-electron chi connectivity index (χ4n) is 1.01. The van der Waals surface area contributed by atoms with Gasteiger partial charge < -0.3 is 5.11 Å². The molecule has 0 saturated heterocycles. The molecule has 1 rings (SSSR count). The first-order chi connectivity index (χ1) is 6.24. The van der Waals surface area contributed by atoms with Crippen molar-refractivity contribution in [3.8, 4) is 0 Å². The Morgan fingerprint density at radius 2 is 2.00 bits per heavy atom. The van der Waals surface area contributed by atoms with Gasteiger partial charge in [0.05, 0.1) is 17.7 Å². The summed E-state index contributed by atoms with van der Waals surface area (Å²) in [6.45, 7) is -0.426. The van der Waals surface area contributed by atoms with E-state index in [0.29, 0.717) is 6.29 Å². The molecule has 0 bridgehead atoms. The molecule has 0 fully saturated rings. The second-order valence-corrected chi connectivity index (χ2v) is 2.44. The first-order valence-electron chi connectivity index (χ1n) is 3.57. The number of rotatable bonds is 3. The molecule has 1 N–H and O–H groups in total. The van der Waals surface area contributed by atoms with Crippen LogP contribution in [0.2, 0.25) is 0 Å². The molecule has 0 aromatic heterocycles. The van der Waals surface area contributed by atoms with E-state index in [1.807, 2.05) is 0 Å². The van der Waals surface area contributed by atoms with Crippen molar-refractivity contribution in [3.63, 3.8) is 0 Å². The zero-order valence-electron chi connectivity index (χ0n) is 6.66. The van der Waals surface area contributed by atoms with E-state index < -0.39 is 12.4 Å². The van der Waals surface area contributed by atoms with Gasteiger partial charge in [-0.2, -0.15) is 0 Å². The fraction of sp³-hybridized carbons (Fsp3) is 0.111. The highest BCUT2D eigenvalue weighted by molar-refractivity contribution is 5.84. The summed E-state index contributed by atoms with van der Waals surface area (Å²) < 4.78 is 13.1. The maximum atomic E-state index is 13.1. The predicted molar refractivity (Wildman–Crippen MR) is 43.1 cm³/mol. The van der Waals surface area contributed by atoms with E-state index in [2.05, 4.69) is 0 Å². The van der Waals surface area contributed by atoms with Gasteiger partial charge in [0, 0.05) is 0 Å². The molecule has 0 spiro atoms. The monoisotopic (exact) mass is 182 g/mol. The molecule has 68 valence electrons. The molecule has 3 nitrogen and oxygen atoms in total. The second kappa shape index (κ2) is 3.91. The van der Waals surface area contributed by atoms with Crippen LogP contribution in [0.4, 0.5) is 4.39 Å². The molecular formula is C9H7FO3. The van der Waals surface area contributed by atoms with Gasteiger partial charge in [0.2, 0.25) is 0 Å². The molecule has 0 radical (unpaired) electrons. The zero-order chi connectivity index (χ0) is 9.84. The van der Waals surface area contributed by atoms with Crippen molar-refractivity contribution < 1.29 is 19.1 Å². The normalized spacial score (nSPS) is 9.69. The maximum Gasteiger partial charge on any atom is 0.153 e. The minimum Gasteiger partial charge on any atom is -0.392 e. The Labute approximate surface area is 73.8 Å². The average molecular weight is 182 g/mol. The van der Waals surface area contributed by atoms with Crippen LogP contribution in [0.1, 0.15) is 26.3 Å². The molecule has 0 saturated carbocycles. The highest BCUT2D eigenvalue weighted by atomic mass is 19.1. The van der Waals surface area contributed by atoms with Crippen LogP contribution in [-0.4, -0.2) is 17.7 Å². The van der Waals surface area contributed by atoms with E-state index in [1.165, 1.54) is 12.1 Å². The minimum absolute atomic E-state index is 0.179. The topological polar surface area (TPSA) is 54.4 Å². The van der Waals surface area contributed by atoms with Gasteiger partial charge in [0.15, 0.2) is 12.6 Å². The lowest BCUT2D eigenvalue weighted by Gasteiger charge is -2.03. The smallest absolute Gasteiger partial charge is 0.153 e. The van der Waals surface area contributed by atoms with E-state index in [1.54, 1.807) is 0 Å². The Balaban J connectivity index is 3.39. The van der Waals surface area contributed by atoms with Crippen LogP contribution in [0.25, 0.3) is 0 Å². The Hall–Kier alpha value is -1.55. The molecule has 4 heteroatoms. The summed E-state index contributed by atoms with van der Waals surface area (Å²) in [7, 11) is 0. The summed E-state index contributed by atoms with van der Waals surface area (Å²) in [5.41, 5.74) is -0.260. The number of hydrogen-bond acceptors (Lipinski definition) is 3. The maximum absolute atomic E-state index is 13.1. The molecule has 0 atom stereocenters. The number of carbonyl (C=O) groups excluding carboxylic acids is 2. The SMILES string of the molecule is O=Cc1ccc(CO)c(C=O)c1F. The highest BCUT2D eigenvalue weighted by Gasteiger charge is 2.11. The molecule has 1 aromatic rings. The summed E-state index contributed by atoms with van der Waals surface area (Å²) in [5, 5.41) is 8.72. The van der Waals surface area contributed by atoms with Crippen molar-refractivity contribution in [1.82, 2.24) is 0 Å². The molecule has 13 heavy (non-hydrogen) atoms. The third-order valence-electron chi connectivity index (χ3n) is 1.72. The number of hydrogen-bond donors (Lipinski definition) is 1. The van der Waals surface area contributed by atoms with Gasteiger partial charge in [-0.05, 0) is 11.6 Å². The fourth-order valence-corrected chi connectivity index (χ4v) is 1.01. The van der Waals surface area contributed by atoms with Crippen molar-refractivity contribution in [2.45, 2.75) is 6.61 Å². The average Bonchev–Trinajstić information content (AvgIpc) is 2.17. The molecular weight excluding hydrogens is 175 g/mol. The van der Waals surface area contributed by atoms with Crippen LogP contribution in [-0.2, 0) is 6.61 Å². The highest BCUT2D eigenvalue weighted by Crippen LogP contribution is 2.14. The van der Waals surface area contributed by atoms with Crippen LogP contribution in [0.5, 0.6) is 0 Å². The van der Waals surface area contributed by atoms with Crippen molar-refractivity contribution in [2.24, 2.45) is 0 Å². The zero-order valence-corrected chi connectivity index (χ0v) is 6.66. The number of halogens is 1. The summed E-state index contributed by atoms with van der Waals surface area (Å²) in [6.07, 6.45) is 0.609. The van der Waals surface area contributed by atoms with E-state index >= 15 is 0 Å². The Morgan fingerprint density at radius 1 is 1.31 bits per heavy atom. The van der Waals surface area contributed by atoms with Crippen LogP contribution < -0.4 is 0 Å². The number of aliphatic hydroxyl groups is 1. The van der Waals surface area contributed by atoms with E-state index in [-0.39, 0.29) is 23.0 Å². The number of benzene rings is 1. The van der Waals surface area contributed by atoms with Crippen molar-refractivity contribution in [3.05, 3.63) is 34.6 Å². The molecule has 0 heterocycles. The van der Waals surface area contributed by atoms with Crippen molar-refractivity contribution >= 4 is 12.6 Å². The summed E-state index contributed by atoms with van der Waals surface area (Å²) in [5.74, 6) is -0.878.